The van der Waals surface area contributed by atoms with Gasteiger partial charge in [-0.15, -0.1) is 0 Å². The molecule has 100 valence electrons. The van der Waals surface area contributed by atoms with Crippen LogP contribution < -0.4 is 0 Å². The Morgan fingerprint density at radius 1 is 1.53 bits per heavy atom. The average molecular weight is 259 g/mol. The molecule has 1 aliphatic rings. The zero-order valence-electron chi connectivity index (χ0n) is 11.1. The minimum absolute atomic E-state index is 0.129. The van der Waals surface area contributed by atoms with Crippen molar-refractivity contribution >= 4 is 5.91 Å². The Bertz CT molecular complexity index is 586. The van der Waals surface area contributed by atoms with Gasteiger partial charge in [0.1, 0.15) is 6.04 Å². The van der Waals surface area contributed by atoms with Crippen molar-refractivity contribution in [3.05, 3.63) is 35.7 Å². The van der Waals surface area contributed by atoms with E-state index in [1.807, 2.05) is 29.5 Å². The Morgan fingerprint density at radius 2 is 2.37 bits per heavy atom. The maximum atomic E-state index is 12.5. The lowest BCUT2D eigenvalue weighted by atomic mass is 10.1. The molecule has 0 radical (unpaired) electrons. The van der Waals surface area contributed by atoms with Crippen LogP contribution in [0.5, 0.6) is 0 Å². The fourth-order valence-electron chi connectivity index (χ4n) is 2.51. The second-order valence-electron chi connectivity index (χ2n) is 4.97. The molecular formula is C13H17N5O. The molecule has 0 unspecified atom stereocenters. The number of rotatable bonds is 2. The third-order valence-corrected chi connectivity index (χ3v) is 3.77. The monoisotopic (exact) mass is 259 g/mol. The molecule has 0 bridgehead atoms. The number of aromatic nitrogens is 4. The minimum atomic E-state index is -0.212. The summed E-state index contributed by atoms with van der Waals surface area (Å²) in [5, 5.41) is 7.26. The van der Waals surface area contributed by atoms with Crippen molar-refractivity contribution in [1.29, 1.82) is 0 Å². The van der Waals surface area contributed by atoms with Gasteiger partial charge in [-0.05, 0) is 13.8 Å². The number of hydrogen-bond donors (Lipinski definition) is 1. The minimum Gasteiger partial charge on any atom is -0.336 e. The van der Waals surface area contributed by atoms with Crippen molar-refractivity contribution < 1.29 is 4.79 Å². The molecule has 3 rings (SSSR count). The first-order valence-corrected chi connectivity index (χ1v) is 6.45. The Hall–Kier alpha value is -2.11. The van der Waals surface area contributed by atoms with Gasteiger partial charge < -0.3 is 9.47 Å². The van der Waals surface area contributed by atoms with E-state index in [1.165, 1.54) is 0 Å². The molecule has 0 aromatic carbocycles. The number of carbonyl (C=O) groups excluding carboxylic acids is 1. The molecule has 0 aliphatic carbocycles. The van der Waals surface area contributed by atoms with Gasteiger partial charge in [-0.3, -0.25) is 9.89 Å². The molecule has 6 nitrogen and oxygen atoms in total. The van der Waals surface area contributed by atoms with Crippen LogP contribution in [-0.2, 0) is 17.8 Å². The highest BCUT2D eigenvalue weighted by Crippen LogP contribution is 2.22. The third kappa shape index (κ3) is 2.03. The molecule has 1 aliphatic heterocycles. The topological polar surface area (TPSA) is 66.8 Å². The van der Waals surface area contributed by atoms with E-state index >= 15 is 0 Å². The molecule has 0 fully saturated rings. The maximum Gasteiger partial charge on any atom is 0.245 e. The van der Waals surface area contributed by atoms with Crippen molar-refractivity contribution in [2.24, 2.45) is 0 Å². The summed E-state index contributed by atoms with van der Waals surface area (Å²) in [6.45, 7) is 5.28. The normalized spacial score (nSPS) is 16.2. The zero-order valence-corrected chi connectivity index (χ0v) is 11.1. The first kappa shape index (κ1) is 12.0. The highest BCUT2D eigenvalue weighted by molar-refractivity contribution is 5.80. The second-order valence-corrected chi connectivity index (χ2v) is 4.97. The van der Waals surface area contributed by atoms with Gasteiger partial charge >= 0.3 is 0 Å². The predicted molar refractivity (Wildman–Crippen MR) is 69.4 cm³/mol. The van der Waals surface area contributed by atoms with Crippen LogP contribution in [0.15, 0.2) is 18.7 Å². The number of amides is 1. The first-order chi connectivity index (χ1) is 9.16. The maximum absolute atomic E-state index is 12.5. The average Bonchev–Trinajstić information content (AvgIpc) is 3.07. The van der Waals surface area contributed by atoms with E-state index in [0.29, 0.717) is 6.54 Å². The summed E-state index contributed by atoms with van der Waals surface area (Å²) < 4.78 is 1.83. The summed E-state index contributed by atoms with van der Waals surface area (Å²) in [5.74, 6) is 0.129. The molecule has 0 spiro atoms. The smallest absolute Gasteiger partial charge is 0.245 e. The van der Waals surface area contributed by atoms with Crippen LogP contribution in [0.25, 0.3) is 0 Å². The lowest BCUT2D eigenvalue weighted by molar-refractivity contribution is -0.135. The van der Waals surface area contributed by atoms with E-state index in [0.717, 1.165) is 29.9 Å². The highest BCUT2D eigenvalue weighted by Gasteiger charge is 2.27. The van der Waals surface area contributed by atoms with Crippen LogP contribution in [0.4, 0.5) is 0 Å². The summed E-state index contributed by atoms with van der Waals surface area (Å²) in [5.41, 5.74) is 3.32. The predicted octanol–water partition coefficient (Wildman–Crippen LogP) is 1.06. The summed E-state index contributed by atoms with van der Waals surface area (Å²) in [6, 6.07) is -0.212. The molecule has 6 heteroatoms. The van der Waals surface area contributed by atoms with Crippen LogP contribution in [0.1, 0.15) is 29.9 Å². The van der Waals surface area contributed by atoms with Crippen LogP contribution in [0, 0.1) is 6.92 Å². The number of carbonyl (C=O) groups is 1. The molecule has 1 atom stereocenters. The Balaban J connectivity index is 1.77. The number of aromatic amines is 1. The number of nitrogens with one attached hydrogen (secondary N) is 1. The molecule has 3 heterocycles. The Labute approximate surface area is 111 Å². The summed E-state index contributed by atoms with van der Waals surface area (Å²) in [6.07, 6.45) is 6.02. The SMILES string of the molecule is Cc1[nH]nc2c1CN(C(=O)[C@H](C)n1ccnc1)CC2. The molecule has 1 amide bonds. The van der Waals surface area contributed by atoms with Crippen molar-refractivity contribution in [1.82, 2.24) is 24.6 Å². The number of hydrogen-bond acceptors (Lipinski definition) is 3. The molecule has 19 heavy (non-hydrogen) atoms. The molecule has 2 aromatic rings. The standard InChI is InChI=1S/C13H17N5O/c1-9-11-7-17(5-3-12(11)16-15-9)13(19)10(2)18-6-4-14-8-18/h4,6,8,10H,3,5,7H2,1-2H3,(H,15,16)/t10-/m0/s1. The van der Waals surface area contributed by atoms with Gasteiger partial charge in [0.15, 0.2) is 0 Å². The van der Waals surface area contributed by atoms with Crippen molar-refractivity contribution in [3.8, 4) is 0 Å². The Morgan fingerprint density at radius 3 is 3.11 bits per heavy atom. The highest BCUT2D eigenvalue weighted by atomic mass is 16.2. The molecule has 0 saturated heterocycles. The molecule has 2 aromatic heterocycles. The van der Waals surface area contributed by atoms with Gasteiger partial charge in [0, 0.05) is 43.2 Å². The van der Waals surface area contributed by atoms with E-state index in [1.54, 1.807) is 12.5 Å². The fourth-order valence-corrected chi connectivity index (χ4v) is 2.51. The van der Waals surface area contributed by atoms with E-state index in [-0.39, 0.29) is 11.9 Å². The lowest BCUT2D eigenvalue weighted by Gasteiger charge is -2.29. The zero-order chi connectivity index (χ0) is 13.4. The van der Waals surface area contributed by atoms with Crippen LogP contribution >= 0.6 is 0 Å². The number of H-pyrrole nitrogens is 1. The Kier molecular flexibility index (Phi) is 2.85. The van der Waals surface area contributed by atoms with Gasteiger partial charge in [0.05, 0.1) is 12.0 Å². The van der Waals surface area contributed by atoms with Gasteiger partial charge in [-0.1, -0.05) is 0 Å². The second kappa shape index (κ2) is 4.53. The van der Waals surface area contributed by atoms with Crippen LogP contribution in [0.3, 0.4) is 0 Å². The van der Waals surface area contributed by atoms with Gasteiger partial charge in [0.25, 0.3) is 0 Å². The quantitative estimate of drug-likeness (QED) is 0.877. The van der Waals surface area contributed by atoms with E-state index in [2.05, 4.69) is 15.2 Å². The summed E-state index contributed by atoms with van der Waals surface area (Å²) >= 11 is 0. The number of imidazole rings is 1. The van der Waals surface area contributed by atoms with Crippen molar-refractivity contribution in [3.63, 3.8) is 0 Å². The lowest BCUT2D eigenvalue weighted by Crippen LogP contribution is -2.39. The van der Waals surface area contributed by atoms with E-state index < -0.39 is 0 Å². The molecule has 0 saturated carbocycles. The molecular weight excluding hydrogens is 242 g/mol. The van der Waals surface area contributed by atoms with E-state index in [9.17, 15) is 4.79 Å². The third-order valence-electron chi connectivity index (χ3n) is 3.77. The first-order valence-electron chi connectivity index (χ1n) is 6.45. The molecule has 1 N–H and O–H groups in total. The fraction of sp³-hybridized carbons (Fsp3) is 0.462. The van der Waals surface area contributed by atoms with E-state index in [4.69, 9.17) is 0 Å². The number of fused-ring (bicyclic) bond motifs is 1. The number of nitrogens with zero attached hydrogens (tertiary/aromatic N) is 4. The largest absolute Gasteiger partial charge is 0.336 e. The van der Waals surface area contributed by atoms with Crippen LogP contribution in [0.2, 0.25) is 0 Å². The number of aryl methyl sites for hydroxylation is 1. The van der Waals surface area contributed by atoms with Crippen molar-refractivity contribution in [2.75, 3.05) is 6.54 Å². The van der Waals surface area contributed by atoms with Crippen LogP contribution in [-0.4, -0.2) is 37.1 Å². The summed E-state index contributed by atoms with van der Waals surface area (Å²) in [4.78, 5) is 18.4. The summed E-state index contributed by atoms with van der Waals surface area (Å²) in [7, 11) is 0. The van der Waals surface area contributed by atoms with Gasteiger partial charge in [-0.2, -0.15) is 5.10 Å². The van der Waals surface area contributed by atoms with Gasteiger partial charge in [0.2, 0.25) is 5.91 Å². The van der Waals surface area contributed by atoms with Crippen molar-refractivity contribution in [2.45, 2.75) is 32.9 Å². The van der Waals surface area contributed by atoms with Gasteiger partial charge in [-0.25, -0.2) is 4.98 Å².